The van der Waals surface area contributed by atoms with Gasteiger partial charge in [-0.2, -0.15) is 8.61 Å². The SMILES string of the molecule is CC(C)CN(C[C@@H](O)[C@H](Cc1ccc(OCCCCO)cc1)NC(=O)O[C@H]1CO[C@H]2OCC[C@H]21)S(=O)(=O)c1ccc2c(c1)OCO2.CNC(=O)OCCCCOc1ccc(C[C@H](NC(=O)O[C@H]2CO[C@H]3OCC[C@H]32)[C@H](O)CN(CC(C)C)S(=O)(=O)c2ccc3c(c2)OCO3)cc1. The van der Waals surface area contributed by atoms with Crippen LogP contribution in [0.4, 0.5) is 14.4 Å². The number of aliphatic hydroxyl groups is 3. The van der Waals surface area contributed by atoms with Gasteiger partial charge in [-0.3, -0.25) is 0 Å². The van der Waals surface area contributed by atoms with Crippen molar-refractivity contribution in [1.29, 1.82) is 0 Å². The number of nitrogens with one attached hydrogen (secondary N) is 3. The lowest BCUT2D eigenvalue weighted by Crippen LogP contribution is -2.51. The Kier molecular flexibility index (Phi) is 26.7. The molecule has 0 aromatic heterocycles. The third kappa shape index (κ3) is 20.3. The van der Waals surface area contributed by atoms with Crippen LogP contribution in [0.25, 0.3) is 0 Å². The van der Waals surface area contributed by atoms with Crippen molar-refractivity contribution in [2.24, 2.45) is 23.7 Å². The minimum Gasteiger partial charge on any atom is -0.494 e. The number of hydrogen-bond acceptors (Lipinski definition) is 23. The summed E-state index contributed by atoms with van der Waals surface area (Å²) in [7, 11) is -6.65. The average molecular weight is 1390 g/mol. The Hall–Kier alpha value is -6.97. The number of unbranched alkanes of at least 4 members (excludes halogenated alkanes) is 2. The van der Waals surface area contributed by atoms with Gasteiger partial charge in [0.05, 0.1) is 92.2 Å². The third-order valence-electron chi connectivity index (χ3n) is 16.7. The Morgan fingerprint density at radius 3 is 1.38 bits per heavy atom. The van der Waals surface area contributed by atoms with Gasteiger partial charge in [-0.1, -0.05) is 52.0 Å². The first-order valence-electron chi connectivity index (χ1n) is 32.6. The van der Waals surface area contributed by atoms with Crippen LogP contribution in [0, 0.1) is 23.7 Å². The van der Waals surface area contributed by atoms with Crippen molar-refractivity contribution in [3.05, 3.63) is 96.1 Å². The molecule has 6 aliphatic heterocycles. The molecule has 28 nitrogen and oxygen atoms in total. The van der Waals surface area contributed by atoms with Gasteiger partial charge in [-0.25, -0.2) is 31.2 Å². The zero-order chi connectivity index (χ0) is 68.4. The van der Waals surface area contributed by atoms with Gasteiger partial charge in [-0.15, -0.1) is 0 Å². The van der Waals surface area contributed by atoms with Gasteiger partial charge in [0.15, 0.2) is 35.6 Å². The molecule has 4 saturated heterocycles. The van der Waals surface area contributed by atoms with E-state index in [0.717, 1.165) is 17.5 Å². The first kappa shape index (κ1) is 73.3. The van der Waals surface area contributed by atoms with Crippen molar-refractivity contribution >= 4 is 38.3 Å². The number of carbonyl (C=O) groups excluding carboxylic acids is 3. The first-order valence-corrected chi connectivity index (χ1v) is 35.5. The quantitative estimate of drug-likeness (QED) is 0.0246. The number of alkyl carbamates (subject to hydrolysis) is 3. The van der Waals surface area contributed by atoms with Crippen LogP contribution in [-0.2, 0) is 66.0 Å². The predicted molar refractivity (Wildman–Crippen MR) is 344 cm³/mol. The fraction of sp³-hybridized carbons (Fsp3) is 0.591. The maximum atomic E-state index is 13.9. The van der Waals surface area contributed by atoms with Crippen LogP contribution in [0.2, 0.25) is 0 Å². The van der Waals surface area contributed by atoms with Crippen molar-refractivity contribution in [1.82, 2.24) is 24.6 Å². The summed E-state index contributed by atoms with van der Waals surface area (Å²) in [6.45, 7) is 9.99. The molecule has 0 spiro atoms. The number of aliphatic hydroxyl groups excluding tert-OH is 3. The minimum absolute atomic E-state index is 0.00103. The van der Waals surface area contributed by atoms with E-state index in [9.17, 15) is 41.4 Å². The molecule has 0 unspecified atom stereocenters. The molecule has 10 atom stereocenters. The summed E-state index contributed by atoms with van der Waals surface area (Å²) in [4.78, 5) is 37.6. The molecular formula is C66H91N5O23S2. The van der Waals surface area contributed by atoms with E-state index in [1.165, 1.54) is 39.9 Å². The number of fused-ring (bicyclic) bond motifs is 4. The van der Waals surface area contributed by atoms with Crippen LogP contribution in [0.1, 0.15) is 77.3 Å². The molecular weight excluding hydrogens is 1290 g/mol. The molecule has 10 rings (SSSR count). The number of amides is 3. The van der Waals surface area contributed by atoms with Gasteiger partial charge >= 0.3 is 18.3 Å². The van der Waals surface area contributed by atoms with Gasteiger partial charge in [-0.05, 0) is 123 Å². The molecule has 0 saturated carbocycles. The molecule has 0 bridgehead atoms. The minimum atomic E-state index is -4.08. The number of rotatable bonds is 33. The van der Waals surface area contributed by atoms with Crippen LogP contribution in [-0.4, -0.2) is 208 Å². The highest BCUT2D eigenvalue weighted by Gasteiger charge is 2.46. The second-order valence-electron chi connectivity index (χ2n) is 25.0. The fourth-order valence-corrected chi connectivity index (χ4v) is 15.0. The summed E-state index contributed by atoms with van der Waals surface area (Å²) in [5.74, 6) is 2.59. The van der Waals surface area contributed by atoms with E-state index in [2.05, 4.69) is 16.0 Å². The van der Waals surface area contributed by atoms with Crippen LogP contribution in [0.3, 0.4) is 0 Å². The molecule has 6 N–H and O–H groups in total. The zero-order valence-electron chi connectivity index (χ0n) is 54.8. The zero-order valence-corrected chi connectivity index (χ0v) is 56.4. The maximum Gasteiger partial charge on any atom is 0.407 e. The van der Waals surface area contributed by atoms with Gasteiger partial charge in [0.25, 0.3) is 0 Å². The predicted octanol–water partition coefficient (Wildman–Crippen LogP) is 5.71. The van der Waals surface area contributed by atoms with E-state index >= 15 is 0 Å². The van der Waals surface area contributed by atoms with Crippen molar-refractivity contribution in [3.8, 4) is 34.5 Å². The molecule has 6 heterocycles. The lowest BCUT2D eigenvalue weighted by Gasteiger charge is -2.31. The first-order chi connectivity index (χ1) is 46.2. The van der Waals surface area contributed by atoms with E-state index in [0.29, 0.717) is 93.0 Å². The van der Waals surface area contributed by atoms with Gasteiger partial charge < -0.3 is 92.8 Å². The van der Waals surface area contributed by atoms with Crippen molar-refractivity contribution < 1.29 is 108 Å². The molecule has 4 aromatic rings. The summed E-state index contributed by atoms with van der Waals surface area (Å²) in [6.07, 6.45) is -1.89. The highest BCUT2D eigenvalue weighted by Crippen LogP contribution is 2.38. The number of ether oxygens (including phenoxy) is 13. The van der Waals surface area contributed by atoms with Crippen molar-refractivity contribution in [3.63, 3.8) is 0 Å². The van der Waals surface area contributed by atoms with Crippen molar-refractivity contribution in [2.45, 2.75) is 138 Å². The molecule has 4 fully saturated rings. The third-order valence-corrected chi connectivity index (χ3v) is 20.4. The maximum absolute atomic E-state index is 13.9. The Bertz CT molecular complexity index is 3390. The lowest BCUT2D eigenvalue weighted by molar-refractivity contribution is -0.0909. The Balaban J connectivity index is 0.000000226. The fourth-order valence-electron chi connectivity index (χ4n) is 11.7. The summed E-state index contributed by atoms with van der Waals surface area (Å²) >= 11 is 0. The molecule has 96 heavy (non-hydrogen) atoms. The summed E-state index contributed by atoms with van der Waals surface area (Å²) in [5, 5.41) is 40.2. The molecule has 0 aliphatic carbocycles. The second-order valence-corrected chi connectivity index (χ2v) is 28.8. The molecule has 4 aromatic carbocycles. The Labute approximate surface area is 560 Å². The summed E-state index contributed by atoms with van der Waals surface area (Å²) < 4.78 is 130. The standard InChI is InChI=1S/C34H47N3O12S.C32H44N2O11S/c1-22(2)18-37(50(41,42)25-10-11-29-30(17-25)48-21-47-29)19-28(38)27(36-34(40)49-31-20-46-32-26(31)12-15-44-32)16-23-6-8-24(9-7-23)43-13-4-5-14-45-33(39)35-3;1-21(2)17-34(46(38,39)24-9-10-28-29(16-24)44-20-43-28)18-27(36)26(15-22-5-7-23(8-6-22)40-13-4-3-12-35)33-32(37)45-30-19-42-31-25(30)11-14-41-31/h6-11,17,22,26-28,31-32,38H,4-5,12-16,18-21H2,1-3H3,(H,35,39)(H,36,40);5-10,16,21,25-27,30-31,35-36H,3-4,11-15,17-20H2,1-2H3,(H,33,37)/t26-,27-,28+,31-,32+;25-,26-,27+,30-,31+/m00/s1. The van der Waals surface area contributed by atoms with Gasteiger partial charge in [0.1, 0.15) is 23.7 Å². The number of sulfonamides is 2. The normalized spacial score (nSPS) is 21.2. The molecule has 6 aliphatic rings. The van der Waals surface area contributed by atoms with E-state index in [-0.39, 0.29) is 112 Å². The largest absolute Gasteiger partial charge is 0.494 e. The van der Waals surface area contributed by atoms with E-state index < -0.39 is 87.4 Å². The number of nitrogens with zero attached hydrogens (tertiary/aromatic N) is 2. The van der Waals surface area contributed by atoms with E-state index in [4.69, 9.17) is 66.7 Å². The lowest BCUT2D eigenvalue weighted by atomic mass is 10.0. The topological polar surface area (TPSA) is 343 Å². The van der Waals surface area contributed by atoms with Crippen molar-refractivity contribution in [2.75, 3.05) is 99.7 Å². The highest BCUT2D eigenvalue weighted by molar-refractivity contribution is 7.89. The number of benzene rings is 4. The number of hydrogen-bond donors (Lipinski definition) is 6. The van der Waals surface area contributed by atoms with Gasteiger partial charge in [0.2, 0.25) is 33.6 Å². The molecule has 30 heteroatoms. The highest BCUT2D eigenvalue weighted by atomic mass is 32.2. The summed E-state index contributed by atoms with van der Waals surface area (Å²) in [6, 6.07) is 21.4. The Morgan fingerprint density at radius 1 is 0.542 bits per heavy atom. The van der Waals surface area contributed by atoms with Crippen LogP contribution >= 0.6 is 0 Å². The monoisotopic (exact) mass is 1390 g/mol. The molecule has 530 valence electrons. The second kappa shape index (κ2) is 35.0. The smallest absolute Gasteiger partial charge is 0.407 e. The number of carbonyl (C=O) groups is 3. The van der Waals surface area contributed by atoms with E-state index in [1.54, 1.807) is 36.4 Å². The van der Waals surface area contributed by atoms with E-state index in [1.807, 2.05) is 52.0 Å². The molecule has 0 radical (unpaired) electrons. The van der Waals surface area contributed by atoms with Crippen LogP contribution < -0.4 is 44.4 Å². The average Bonchev–Trinajstić information content (AvgIpc) is 0.895. The Morgan fingerprint density at radius 2 is 0.958 bits per heavy atom. The van der Waals surface area contributed by atoms with Crippen LogP contribution in [0.15, 0.2) is 94.7 Å². The summed E-state index contributed by atoms with van der Waals surface area (Å²) in [5.41, 5.74) is 1.55. The van der Waals surface area contributed by atoms with Gasteiger partial charge in [0, 0.05) is 52.0 Å². The molecule has 3 amide bonds. The van der Waals surface area contributed by atoms with Crippen LogP contribution in [0.5, 0.6) is 34.5 Å².